The van der Waals surface area contributed by atoms with Crippen molar-refractivity contribution in [3.8, 4) is 17.2 Å². The van der Waals surface area contributed by atoms with E-state index in [1.807, 2.05) is 18.2 Å². The number of carbonyl (C=O) groups excluding carboxylic acids is 2. The predicted molar refractivity (Wildman–Crippen MR) is 143 cm³/mol. The molecule has 11 heteroatoms. The van der Waals surface area contributed by atoms with Gasteiger partial charge in [0.1, 0.15) is 28.2 Å². The number of furan rings is 1. The molecule has 0 atom stereocenters. The van der Waals surface area contributed by atoms with E-state index in [2.05, 4.69) is 16.7 Å². The van der Waals surface area contributed by atoms with Gasteiger partial charge in [0.25, 0.3) is 5.91 Å². The Bertz CT molecular complexity index is 1530. The summed E-state index contributed by atoms with van der Waals surface area (Å²) < 4.78 is 45.3. The average Bonchev–Trinajstić information content (AvgIpc) is 3.56. The predicted octanol–water partition coefficient (Wildman–Crippen LogP) is 3.90. The Morgan fingerprint density at radius 1 is 0.950 bits per heavy atom. The Morgan fingerprint density at radius 3 is 2.20 bits per heavy atom. The van der Waals surface area contributed by atoms with E-state index < -0.39 is 58.4 Å². The third kappa shape index (κ3) is 4.85. The summed E-state index contributed by atoms with van der Waals surface area (Å²) in [4.78, 5) is 26.5. The maximum atomic E-state index is 14.0. The van der Waals surface area contributed by atoms with Crippen LogP contribution < -0.4 is 10.6 Å². The zero-order valence-corrected chi connectivity index (χ0v) is 22.3. The highest BCUT2D eigenvalue weighted by atomic mass is 32.2. The normalized spacial score (nSPS) is 25.8. The number of nitriles is 1. The van der Waals surface area contributed by atoms with Crippen LogP contribution in [0.5, 0.6) is 0 Å². The first kappa shape index (κ1) is 26.7. The Kier molecular flexibility index (Phi) is 6.22. The molecule has 2 saturated carbocycles. The number of alkyl halides is 2. The molecule has 3 fully saturated rings. The number of rotatable bonds is 6. The lowest BCUT2D eigenvalue weighted by molar-refractivity contribution is -0.133. The van der Waals surface area contributed by atoms with Crippen LogP contribution in [0.1, 0.15) is 54.6 Å². The molecule has 3 N–H and O–H groups in total. The van der Waals surface area contributed by atoms with Gasteiger partial charge >= 0.3 is 0 Å². The van der Waals surface area contributed by atoms with E-state index in [9.17, 15) is 33.3 Å². The van der Waals surface area contributed by atoms with E-state index in [4.69, 9.17) is 4.42 Å². The van der Waals surface area contributed by atoms with E-state index in [1.54, 1.807) is 24.3 Å². The number of benzene rings is 2. The van der Waals surface area contributed by atoms with Gasteiger partial charge in [-0.25, -0.2) is 8.78 Å². The van der Waals surface area contributed by atoms with Gasteiger partial charge in [-0.05, 0) is 65.7 Å². The highest BCUT2D eigenvalue weighted by molar-refractivity contribution is 7.92. The van der Waals surface area contributed by atoms with Gasteiger partial charge in [0.2, 0.25) is 11.8 Å². The second kappa shape index (κ2) is 9.29. The molecule has 0 bridgehead atoms. The van der Waals surface area contributed by atoms with Crippen LogP contribution in [-0.2, 0) is 21.6 Å². The summed E-state index contributed by atoms with van der Waals surface area (Å²) in [7, 11) is 0. The molecule has 0 spiro atoms. The van der Waals surface area contributed by atoms with Crippen molar-refractivity contribution in [2.75, 3.05) is 11.5 Å². The molecule has 6 rings (SSSR count). The lowest BCUT2D eigenvalue weighted by Gasteiger charge is -2.39. The van der Waals surface area contributed by atoms with E-state index >= 15 is 0 Å². The van der Waals surface area contributed by atoms with Crippen LogP contribution in [0.3, 0.4) is 0 Å². The molecule has 3 aromatic rings. The number of nitrogens with zero attached hydrogens (tertiary/aromatic N) is 1. The Hall–Kier alpha value is -3.46. The monoisotopic (exact) mass is 567 g/mol. The van der Waals surface area contributed by atoms with Crippen LogP contribution in [0.2, 0.25) is 0 Å². The molecule has 2 amide bonds. The fourth-order valence-electron chi connectivity index (χ4n) is 5.41. The summed E-state index contributed by atoms with van der Waals surface area (Å²) in [6.45, 7) is 0. The van der Waals surface area contributed by atoms with Gasteiger partial charge in [0.15, 0.2) is 11.4 Å². The Morgan fingerprint density at radius 2 is 1.60 bits per heavy atom. The smallest absolute Gasteiger partial charge is 0.287 e. The van der Waals surface area contributed by atoms with Crippen LogP contribution in [0.25, 0.3) is 22.1 Å². The average molecular weight is 568 g/mol. The molecular weight excluding hydrogens is 540 g/mol. The number of aliphatic hydroxyl groups is 1. The van der Waals surface area contributed by atoms with Crippen molar-refractivity contribution in [3.05, 3.63) is 59.9 Å². The van der Waals surface area contributed by atoms with Gasteiger partial charge in [-0.15, -0.1) is 0 Å². The first-order valence-electron chi connectivity index (χ1n) is 13.1. The van der Waals surface area contributed by atoms with E-state index in [0.29, 0.717) is 29.4 Å². The minimum Gasteiger partial charge on any atom is -0.616 e. The van der Waals surface area contributed by atoms with Crippen molar-refractivity contribution in [2.45, 2.75) is 61.1 Å². The molecule has 0 radical (unpaired) electrons. The number of hydrogen-bond donors (Lipinski definition) is 3. The molecule has 208 valence electrons. The highest BCUT2D eigenvalue weighted by Crippen LogP contribution is 2.41. The summed E-state index contributed by atoms with van der Waals surface area (Å²) in [5.41, 5.74) is -0.855. The lowest BCUT2D eigenvalue weighted by atomic mass is 9.78. The second-order valence-electron chi connectivity index (χ2n) is 11.2. The summed E-state index contributed by atoms with van der Waals surface area (Å²) >= 11 is -0.998. The molecule has 0 unspecified atom stereocenters. The molecule has 1 saturated heterocycles. The molecule has 2 heterocycles. The number of amides is 2. The summed E-state index contributed by atoms with van der Waals surface area (Å²) in [5.74, 6) is -3.87. The topological polar surface area (TPSA) is 138 Å². The molecule has 2 aromatic carbocycles. The van der Waals surface area contributed by atoms with E-state index in [-0.39, 0.29) is 30.1 Å². The molecule has 3 aliphatic rings. The first-order chi connectivity index (χ1) is 18.9. The SMILES string of the molecule is N#CC1(NC(=O)C2(NC(=O)c3cc4ccc(-c5ccc(C6(O)C[S+]([O-])C6)cc5)cc4o3)CCC(F)(F)CC2)CC1. The number of nitrogens with one attached hydrogen (secondary N) is 2. The maximum absolute atomic E-state index is 14.0. The lowest BCUT2D eigenvalue weighted by Crippen LogP contribution is -2.62. The Balaban J connectivity index is 1.22. The van der Waals surface area contributed by atoms with Crippen LogP contribution >= 0.6 is 0 Å². The molecule has 40 heavy (non-hydrogen) atoms. The van der Waals surface area contributed by atoms with Gasteiger partial charge in [-0.2, -0.15) is 5.26 Å². The second-order valence-corrected chi connectivity index (χ2v) is 12.7. The van der Waals surface area contributed by atoms with Crippen molar-refractivity contribution in [2.24, 2.45) is 0 Å². The van der Waals surface area contributed by atoms with Gasteiger partial charge in [0, 0.05) is 18.2 Å². The maximum Gasteiger partial charge on any atom is 0.287 e. The zero-order valence-electron chi connectivity index (χ0n) is 21.5. The fourth-order valence-corrected chi connectivity index (χ4v) is 6.72. The van der Waals surface area contributed by atoms with Gasteiger partial charge in [-0.1, -0.05) is 36.4 Å². The molecule has 1 aromatic heterocycles. The van der Waals surface area contributed by atoms with Crippen molar-refractivity contribution in [1.29, 1.82) is 5.26 Å². The largest absolute Gasteiger partial charge is 0.616 e. The summed E-state index contributed by atoms with van der Waals surface area (Å²) in [5, 5.41) is 25.9. The number of hydrogen-bond acceptors (Lipinski definition) is 6. The summed E-state index contributed by atoms with van der Waals surface area (Å²) in [6, 6.07) is 16.3. The highest BCUT2D eigenvalue weighted by Gasteiger charge is 2.53. The quantitative estimate of drug-likeness (QED) is 0.386. The van der Waals surface area contributed by atoms with Crippen molar-refractivity contribution >= 4 is 34.0 Å². The van der Waals surface area contributed by atoms with E-state index in [1.165, 1.54) is 6.07 Å². The zero-order chi connectivity index (χ0) is 28.3. The van der Waals surface area contributed by atoms with Crippen LogP contribution in [0.15, 0.2) is 52.9 Å². The van der Waals surface area contributed by atoms with Crippen molar-refractivity contribution < 1.29 is 32.4 Å². The van der Waals surface area contributed by atoms with Gasteiger partial charge < -0.3 is 24.7 Å². The molecule has 1 aliphatic heterocycles. The standard InChI is InChI=1S/C29H27F2N3O5S/c30-29(31)11-9-27(10-12-29,25(36)34-26(15-32)7-8-26)33-24(35)23-14-20-2-1-19(13-22(20)39-23)18-3-5-21(6-4-18)28(37)16-40(38)17-28/h1-6,13-14,37H,7-12,16-17H2,(H,33,35)(H,34,36). The molecule has 8 nitrogen and oxygen atoms in total. The number of halogens is 2. The summed E-state index contributed by atoms with van der Waals surface area (Å²) in [6.07, 6.45) is -0.678. The van der Waals surface area contributed by atoms with Crippen molar-refractivity contribution in [3.63, 3.8) is 0 Å². The Labute approximate surface area is 231 Å². The number of fused-ring (bicyclic) bond motifs is 1. The third-order valence-electron chi connectivity index (χ3n) is 8.24. The van der Waals surface area contributed by atoms with Crippen molar-refractivity contribution in [1.82, 2.24) is 10.6 Å². The molecule has 2 aliphatic carbocycles. The van der Waals surface area contributed by atoms with Crippen LogP contribution in [0.4, 0.5) is 8.78 Å². The van der Waals surface area contributed by atoms with Crippen LogP contribution in [-0.4, -0.2) is 50.0 Å². The fraction of sp³-hybridized carbons (Fsp3) is 0.414. The third-order valence-corrected chi connectivity index (χ3v) is 9.84. The van der Waals surface area contributed by atoms with Gasteiger partial charge in [-0.3, -0.25) is 9.59 Å². The minimum absolute atomic E-state index is 0.0615. The van der Waals surface area contributed by atoms with Crippen LogP contribution in [0, 0.1) is 11.3 Å². The van der Waals surface area contributed by atoms with Gasteiger partial charge in [0.05, 0.1) is 6.07 Å². The molecular formula is C29H27F2N3O5S. The first-order valence-corrected chi connectivity index (χ1v) is 14.6. The minimum atomic E-state index is -2.93. The number of carbonyl (C=O) groups is 2. The van der Waals surface area contributed by atoms with E-state index in [0.717, 1.165) is 11.1 Å².